The van der Waals surface area contributed by atoms with Gasteiger partial charge in [0.1, 0.15) is 12.2 Å². The molecule has 0 aliphatic heterocycles. The second-order valence-corrected chi connectivity index (χ2v) is 5.61. The summed E-state index contributed by atoms with van der Waals surface area (Å²) in [5.74, 6) is 1.51. The van der Waals surface area contributed by atoms with Gasteiger partial charge in [-0.15, -0.1) is 0 Å². The van der Waals surface area contributed by atoms with E-state index >= 15 is 0 Å². The summed E-state index contributed by atoms with van der Waals surface area (Å²) in [5, 5.41) is 7.91. The average Bonchev–Trinajstić information content (AvgIpc) is 2.84. The Labute approximate surface area is 123 Å². The fraction of sp³-hybridized carbons (Fsp3) is 0.867. The van der Waals surface area contributed by atoms with Gasteiger partial charge in [0.15, 0.2) is 0 Å². The lowest BCUT2D eigenvalue weighted by Gasteiger charge is -2.29. The Hall–Kier alpha value is -0.940. The molecular formula is C15H30N4O. The molecule has 0 saturated carbocycles. The summed E-state index contributed by atoms with van der Waals surface area (Å²) in [6, 6.07) is 0.278. The lowest BCUT2D eigenvalue weighted by Crippen LogP contribution is -2.46. The number of hydrogen-bond donors (Lipinski definition) is 1. The molecule has 5 heteroatoms. The first-order chi connectivity index (χ1) is 9.63. The minimum Gasteiger partial charge on any atom is -0.380 e. The van der Waals surface area contributed by atoms with Crippen molar-refractivity contribution in [3.8, 4) is 0 Å². The number of rotatable bonds is 10. The van der Waals surface area contributed by atoms with E-state index in [1.54, 1.807) is 13.4 Å². The monoisotopic (exact) mass is 282 g/mol. The molecule has 0 fully saturated rings. The summed E-state index contributed by atoms with van der Waals surface area (Å²) in [7, 11) is 1.79. The van der Waals surface area contributed by atoms with Crippen LogP contribution in [0.2, 0.25) is 0 Å². The molecule has 0 amide bonds. The van der Waals surface area contributed by atoms with Gasteiger partial charge in [-0.3, -0.25) is 4.68 Å². The standard InChI is InChI=1S/C15H30N4O/c1-6-8-16-13(15(20-5)12(3)4)10-14-17-11-18-19(14)9-7-2/h11-13,15-16H,6-10H2,1-5H3. The van der Waals surface area contributed by atoms with Gasteiger partial charge >= 0.3 is 0 Å². The van der Waals surface area contributed by atoms with Crippen molar-refractivity contribution in [1.29, 1.82) is 0 Å². The normalized spacial score (nSPS) is 14.7. The molecule has 0 spiro atoms. The molecule has 1 heterocycles. The molecule has 0 aromatic carbocycles. The predicted molar refractivity (Wildman–Crippen MR) is 81.7 cm³/mol. The number of hydrogen-bond acceptors (Lipinski definition) is 4. The predicted octanol–water partition coefficient (Wildman–Crippen LogP) is 2.27. The van der Waals surface area contributed by atoms with Crippen molar-refractivity contribution in [2.45, 2.75) is 65.6 Å². The van der Waals surface area contributed by atoms with Crippen LogP contribution in [0.4, 0.5) is 0 Å². The van der Waals surface area contributed by atoms with Crippen LogP contribution in [0.3, 0.4) is 0 Å². The molecule has 1 N–H and O–H groups in total. The third-order valence-corrected chi connectivity index (χ3v) is 3.52. The maximum Gasteiger partial charge on any atom is 0.138 e. The van der Waals surface area contributed by atoms with E-state index in [2.05, 4.69) is 43.1 Å². The first kappa shape index (κ1) is 17.1. The molecule has 116 valence electrons. The van der Waals surface area contributed by atoms with Crippen LogP contribution in [0.1, 0.15) is 46.4 Å². The summed E-state index contributed by atoms with van der Waals surface area (Å²) in [4.78, 5) is 4.42. The molecule has 0 radical (unpaired) electrons. The van der Waals surface area contributed by atoms with Crippen molar-refractivity contribution in [3.63, 3.8) is 0 Å². The van der Waals surface area contributed by atoms with Gasteiger partial charge in [-0.1, -0.05) is 27.7 Å². The second-order valence-electron chi connectivity index (χ2n) is 5.61. The Balaban J connectivity index is 2.79. The molecular weight excluding hydrogens is 252 g/mol. The summed E-state index contributed by atoms with van der Waals surface area (Å²) in [6.45, 7) is 10.7. The fourth-order valence-corrected chi connectivity index (χ4v) is 2.58. The van der Waals surface area contributed by atoms with Gasteiger partial charge in [0.05, 0.1) is 6.10 Å². The molecule has 1 aromatic heterocycles. The maximum atomic E-state index is 5.70. The Morgan fingerprint density at radius 3 is 2.60 bits per heavy atom. The van der Waals surface area contributed by atoms with Crippen molar-refractivity contribution in [2.75, 3.05) is 13.7 Å². The smallest absolute Gasteiger partial charge is 0.138 e. The van der Waals surface area contributed by atoms with Gasteiger partial charge in [-0.2, -0.15) is 5.10 Å². The van der Waals surface area contributed by atoms with Gasteiger partial charge in [-0.05, 0) is 25.3 Å². The zero-order chi connectivity index (χ0) is 15.0. The highest BCUT2D eigenvalue weighted by Crippen LogP contribution is 2.14. The third-order valence-electron chi connectivity index (χ3n) is 3.52. The SMILES string of the molecule is CCCNC(Cc1ncnn1CCC)C(OC)C(C)C. The zero-order valence-corrected chi connectivity index (χ0v) is 13.6. The van der Waals surface area contributed by atoms with Crippen molar-refractivity contribution in [3.05, 3.63) is 12.2 Å². The van der Waals surface area contributed by atoms with Gasteiger partial charge in [-0.25, -0.2) is 4.98 Å². The fourth-order valence-electron chi connectivity index (χ4n) is 2.58. The van der Waals surface area contributed by atoms with E-state index in [-0.39, 0.29) is 12.1 Å². The first-order valence-electron chi connectivity index (χ1n) is 7.76. The largest absolute Gasteiger partial charge is 0.380 e. The van der Waals surface area contributed by atoms with Crippen LogP contribution >= 0.6 is 0 Å². The Morgan fingerprint density at radius 2 is 2.05 bits per heavy atom. The Morgan fingerprint density at radius 1 is 1.30 bits per heavy atom. The van der Waals surface area contributed by atoms with Crippen LogP contribution in [-0.4, -0.2) is 40.6 Å². The number of aromatic nitrogens is 3. The molecule has 0 saturated heterocycles. The van der Waals surface area contributed by atoms with Crippen LogP contribution < -0.4 is 5.32 Å². The minimum absolute atomic E-state index is 0.188. The van der Waals surface area contributed by atoms with Gasteiger partial charge in [0.25, 0.3) is 0 Å². The molecule has 0 bridgehead atoms. The number of nitrogens with zero attached hydrogens (tertiary/aromatic N) is 3. The minimum atomic E-state index is 0.188. The Bertz CT molecular complexity index is 365. The van der Waals surface area contributed by atoms with Crippen LogP contribution in [0.5, 0.6) is 0 Å². The van der Waals surface area contributed by atoms with E-state index in [0.717, 1.165) is 38.2 Å². The quantitative estimate of drug-likeness (QED) is 0.715. The summed E-state index contributed by atoms with van der Waals surface area (Å²) < 4.78 is 7.71. The molecule has 0 aliphatic rings. The lowest BCUT2D eigenvalue weighted by molar-refractivity contribution is 0.0324. The van der Waals surface area contributed by atoms with Gasteiger partial charge in [0.2, 0.25) is 0 Å². The molecule has 0 aliphatic carbocycles. The number of aryl methyl sites for hydroxylation is 1. The molecule has 5 nitrogen and oxygen atoms in total. The maximum absolute atomic E-state index is 5.70. The number of nitrogens with one attached hydrogen (secondary N) is 1. The van der Waals surface area contributed by atoms with E-state index in [9.17, 15) is 0 Å². The molecule has 1 aromatic rings. The second kappa shape index (κ2) is 9.08. The van der Waals surface area contributed by atoms with E-state index < -0.39 is 0 Å². The lowest BCUT2D eigenvalue weighted by atomic mass is 9.96. The van der Waals surface area contributed by atoms with E-state index in [4.69, 9.17) is 4.74 Å². The van der Waals surface area contributed by atoms with E-state index in [1.807, 2.05) is 4.68 Å². The average molecular weight is 282 g/mol. The molecule has 1 rings (SSSR count). The van der Waals surface area contributed by atoms with Crippen molar-refractivity contribution in [2.24, 2.45) is 5.92 Å². The third kappa shape index (κ3) is 4.87. The van der Waals surface area contributed by atoms with Gasteiger partial charge < -0.3 is 10.1 Å². The molecule has 20 heavy (non-hydrogen) atoms. The highest BCUT2D eigenvalue weighted by atomic mass is 16.5. The highest BCUT2D eigenvalue weighted by molar-refractivity contribution is 4.93. The van der Waals surface area contributed by atoms with Crippen molar-refractivity contribution < 1.29 is 4.74 Å². The number of methoxy groups -OCH3 is 1. The molecule has 2 atom stereocenters. The van der Waals surface area contributed by atoms with Gasteiger partial charge in [0, 0.05) is 26.1 Å². The van der Waals surface area contributed by atoms with Crippen LogP contribution in [0.15, 0.2) is 6.33 Å². The number of ether oxygens (including phenoxy) is 1. The highest BCUT2D eigenvalue weighted by Gasteiger charge is 2.25. The topological polar surface area (TPSA) is 52.0 Å². The zero-order valence-electron chi connectivity index (χ0n) is 13.6. The summed E-state index contributed by atoms with van der Waals surface area (Å²) >= 11 is 0. The van der Waals surface area contributed by atoms with Crippen LogP contribution in [0.25, 0.3) is 0 Å². The summed E-state index contributed by atoms with van der Waals surface area (Å²) in [5.41, 5.74) is 0. The Kier molecular flexibility index (Phi) is 7.77. The van der Waals surface area contributed by atoms with Crippen LogP contribution in [-0.2, 0) is 17.7 Å². The van der Waals surface area contributed by atoms with Crippen molar-refractivity contribution in [1.82, 2.24) is 20.1 Å². The van der Waals surface area contributed by atoms with Crippen LogP contribution in [0, 0.1) is 5.92 Å². The molecule has 2 unspecified atom stereocenters. The van der Waals surface area contributed by atoms with Crippen molar-refractivity contribution >= 4 is 0 Å². The van der Waals surface area contributed by atoms with E-state index in [1.165, 1.54) is 0 Å². The first-order valence-corrected chi connectivity index (χ1v) is 7.76. The van der Waals surface area contributed by atoms with E-state index in [0.29, 0.717) is 5.92 Å². The summed E-state index contributed by atoms with van der Waals surface area (Å²) in [6.07, 6.45) is 4.89.